The van der Waals surface area contributed by atoms with E-state index >= 15 is 0 Å². The number of carbonyl (C=O) groups excluding carboxylic acids is 3. The Morgan fingerprint density at radius 1 is 0.906 bits per heavy atom. The van der Waals surface area contributed by atoms with E-state index in [1.54, 1.807) is 56.5 Å². The maximum absolute atomic E-state index is 12.8. The van der Waals surface area contributed by atoms with Crippen LogP contribution in [0.5, 0.6) is 5.75 Å². The Labute approximate surface area is 191 Å². The summed E-state index contributed by atoms with van der Waals surface area (Å²) in [5.41, 5.74) is 1.45. The largest absolute Gasteiger partial charge is 0.496 e. The minimum absolute atomic E-state index is 0.0815. The summed E-state index contributed by atoms with van der Waals surface area (Å²) in [6.45, 7) is 1.32. The van der Waals surface area contributed by atoms with Gasteiger partial charge in [0.15, 0.2) is 12.4 Å². The van der Waals surface area contributed by atoms with Gasteiger partial charge >= 0.3 is 5.97 Å². The first-order valence-electron chi connectivity index (χ1n) is 9.89. The Balaban J connectivity index is 1.66. The van der Waals surface area contributed by atoms with Gasteiger partial charge in [-0.25, -0.2) is 4.79 Å². The lowest BCUT2D eigenvalue weighted by Crippen LogP contribution is -2.31. The number of nitrogens with one attached hydrogen (secondary N) is 1. The van der Waals surface area contributed by atoms with Gasteiger partial charge in [0.1, 0.15) is 5.75 Å². The van der Waals surface area contributed by atoms with Crippen molar-refractivity contribution in [3.05, 3.63) is 100 Å². The number of esters is 1. The molecular weight excluding hydrogens is 430 g/mol. The Hall–Kier alpha value is -3.64. The quantitative estimate of drug-likeness (QED) is 0.399. The van der Waals surface area contributed by atoms with Crippen molar-refractivity contribution in [2.24, 2.45) is 0 Å². The molecule has 32 heavy (non-hydrogen) atoms. The number of ether oxygens (including phenoxy) is 2. The summed E-state index contributed by atoms with van der Waals surface area (Å²) in [6.07, 6.45) is 0. The Morgan fingerprint density at radius 3 is 2.22 bits per heavy atom. The van der Waals surface area contributed by atoms with Gasteiger partial charge in [-0.05, 0) is 43.3 Å². The van der Waals surface area contributed by atoms with E-state index in [1.807, 2.05) is 18.2 Å². The monoisotopic (exact) mass is 451 g/mol. The van der Waals surface area contributed by atoms with Crippen LogP contribution in [0.1, 0.15) is 44.8 Å². The second kappa shape index (κ2) is 10.6. The van der Waals surface area contributed by atoms with Gasteiger partial charge in [0.05, 0.1) is 18.7 Å². The van der Waals surface area contributed by atoms with Crippen LogP contribution in [0.25, 0.3) is 0 Å². The number of halogens is 1. The van der Waals surface area contributed by atoms with Crippen LogP contribution < -0.4 is 10.1 Å². The normalized spacial score (nSPS) is 11.3. The minimum Gasteiger partial charge on any atom is -0.496 e. The topological polar surface area (TPSA) is 81.7 Å². The maximum Gasteiger partial charge on any atom is 0.339 e. The third-order valence-electron chi connectivity index (χ3n) is 4.82. The van der Waals surface area contributed by atoms with E-state index in [1.165, 1.54) is 12.1 Å². The molecule has 0 saturated heterocycles. The molecular formula is C25H22ClNO5. The van der Waals surface area contributed by atoms with Crippen molar-refractivity contribution in [3.8, 4) is 5.75 Å². The van der Waals surface area contributed by atoms with Crippen molar-refractivity contribution in [1.82, 2.24) is 5.32 Å². The predicted octanol–water partition coefficient (Wildman–Crippen LogP) is 4.61. The first kappa shape index (κ1) is 23.0. The van der Waals surface area contributed by atoms with Gasteiger partial charge in [-0.1, -0.05) is 48.0 Å². The van der Waals surface area contributed by atoms with Gasteiger partial charge in [-0.3, -0.25) is 9.59 Å². The molecule has 0 aromatic heterocycles. The molecule has 0 heterocycles. The molecule has 7 heteroatoms. The fourth-order valence-electron chi connectivity index (χ4n) is 3.21. The number of hydrogen-bond donors (Lipinski definition) is 1. The van der Waals surface area contributed by atoms with E-state index in [4.69, 9.17) is 21.1 Å². The zero-order chi connectivity index (χ0) is 23.1. The number of hydrogen-bond acceptors (Lipinski definition) is 5. The molecule has 3 rings (SSSR count). The van der Waals surface area contributed by atoms with Gasteiger partial charge in [0.2, 0.25) is 0 Å². The average molecular weight is 452 g/mol. The summed E-state index contributed by atoms with van der Waals surface area (Å²) < 4.78 is 10.5. The average Bonchev–Trinajstić information content (AvgIpc) is 2.82. The number of rotatable bonds is 8. The highest BCUT2D eigenvalue weighted by Crippen LogP contribution is 2.24. The highest BCUT2D eigenvalue weighted by molar-refractivity contribution is 6.30. The van der Waals surface area contributed by atoms with Crippen LogP contribution in [0.3, 0.4) is 0 Å². The van der Waals surface area contributed by atoms with E-state index in [0.29, 0.717) is 16.3 Å². The highest BCUT2D eigenvalue weighted by atomic mass is 35.5. The van der Waals surface area contributed by atoms with Crippen LogP contribution in [-0.2, 0) is 9.53 Å². The zero-order valence-corrected chi connectivity index (χ0v) is 18.4. The van der Waals surface area contributed by atoms with Gasteiger partial charge in [-0.2, -0.15) is 0 Å². The molecule has 1 unspecified atom stereocenters. The molecule has 0 aliphatic heterocycles. The van der Waals surface area contributed by atoms with Crippen LogP contribution in [0, 0.1) is 0 Å². The Kier molecular flexibility index (Phi) is 7.63. The molecule has 0 aliphatic rings. The fourth-order valence-corrected chi connectivity index (χ4v) is 3.34. The van der Waals surface area contributed by atoms with E-state index < -0.39 is 18.5 Å². The maximum atomic E-state index is 12.8. The fraction of sp³-hybridized carbons (Fsp3) is 0.160. The minimum atomic E-state index is -0.761. The smallest absolute Gasteiger partial charge is 0.339 e. The SMILES string of the molecule is COc1ccccc1C(C)NC(=O)COC(=O)c1ccccc1C(=O)c1ccc(Cl)cc1. The van der Waals surface area contributed by atoms with Crippen molar-refractivity contribution < 1.29 is 23.9 Å². The number of methoxy groups -OCH3 is 1. The van der Waals surface area contributed by atoms with Crippen molar-refractivity contribution in [3.63, 3.8) is 0 Å². The molecule has 1 amide bonds. The second-order valence-electron chi connectivity index (χ2n) is 6.99. The summed E-state index contributed by atoms with van der Waals surface area (Å²) in [6, 6.07) is 19.6. The van der Waals surface area contributed by atoms with Crippen LogP contribution in [-0.4, -0.2) is 31.4 Å². The molecule has 6 nitrogen and oxygen atoms in total. The molecule has 1 atom stereocenters. The molecule has 0 aliphatic carbocycles. The lowest BCUT2D eigenvalue weighted by Gasteiger charge is -2.17. The zero-order valence-electron chi connectivity index (χ0n) is 17.6. The lowest BCUT2D eigenvalue weighted by atomic mass is 9.98. The Bertz CT molecular complexity index is 1130. The Morgan fingerprint density at radius 2 is 1.53 bits per heavy atom. The molecule has 164 valence electrons. The van der Waals surface area contributed by atoms with Crippen LogP contribution in [0.2, 0.25) is 5.02 Å². The predicted molar refractivity (Wildman–Crippen MR) is 121 cm³/mol. The van der Waals surface area contributed by atoms with Crippen LogP contribution >= 0.6 is 11.6 Å². The van der Waals surface area contributed by atoms with Crippen molar-refractivity contribution >= 4 is 29.3 Å². The summed E-state index contributed by atoms with van der Waals surface area (Å²) in [5.74, 6) is -0.934. The molecule has 0 spiro atoms. The third kappa shape index (κ3) is 5.53. The molecule has 0 bridgehead atoms. The molecule has 3 aromatic rings. The van der Waals surface area contributed by atoms with Crippen LogP contribution in [0.4, 0.5) is 0 Å². The number of benzene rings is 3. The molecule has 3 aromatic carbocycles. The van der Waals surface area contributed by atoms with Crippen molar-refractivity contribution in [2.45, 2.75) is 13.0 Å². The van der Waals surface area contributed by atoms with Crippen molar-refractivity contribution in [1.29, 1.82) is 0 Å². The van der Waals surface area contributed by atoms with Gasteiger partial charge in [0, 0.05) is 21.7 Å². The standard InChI is InChI=1S/C25H22ClNO5/c1-16(19-7-5-6-10-22(19)31-2)27-23(28)15-32-25(30)21-9-4-3-8-20(21)24(29)17-11-13-18(26)14-12-17/h3-14,16H,15H2,1-2H3,(H,27,28). The summed E-state index contributed by atoms with van der Waals surface area (Å²) >= 11 is 5.88. The number of para-hydroxylation sites is 1. The van der Waals surface area contributed by atoms with E-state index in [9.17, 15) is 14.4 Å². The van der Waals surface area contributed by atoms with E-state index in [2.05, 4.69) is 5.32 Å². The third-order valence-corrected chi connectivity index (χ3v) is 5.07. The van der Waals surface area contributed by atoms with Crippen molar-refractivity contribution in [2.75, 3.05) is 13.7 Å². The number of amides is 1. The number of carbonyl (C=O) groups is 3. The highest BCUT2D eigenvalue weighted by Gasteiger charge is 2.21. The molecule has 1 N–H and O–H groups in total. The first-order valence-corrected chi connectivity index (χ1v) is 10.3. The van der Waals surface area contributed by atoms with E-state index in [0.717, 1.165) is 5.56 Å². The summed E-state index contributed by atoms with van der Waals surface area (Å²) in [4.78, 5) is 37.8. The summed E-state index contributed by atoms with van der Waals surface area (Å²) in [5, 5.41) is 3.27. The van der Waals surface area contributed by atoms with E-state index in [-0.39, 0.29) is 23.0 Å². The van der Waals surface area contributed by atoms with Crippen LogP contribution in [0.15, 0.2) is 72.8 Å². The molecule has 0 fully saturated rings. The van der Waals surface area contributed by atoms with Gasteiger partial charge in [-0.15, -0.1) is 0 Å². The first-order chi connectivity index (χ1) is 15.4. The molecule has 0 radical (unpaired) electrons. The van der Waals surface area contributed by atoms with Gasteiger partial charge < -0.3 is 14.8 Å². The second-order valence-corrected chi connectivity index (χ2v) is 7.43. The molecule has 0 saturated carbocycles. The van der Waals surface area contributed by atoms with Gasteiger partial charge in [0.25, 0.3) is 5.91 Å². The lowest BCUT2D eigenvalue weighted by molar-refractivity contribution is -0.124. The number of ketones is 1. The summed E-state index contributed by atoms with van der Waals surface area (Å²) in [7, 11) is 1.55.